The van der Waals surface area contributed by atoms with E-state index in [4.69, 9.17) is 5.73 Å². The fourth-order valence-corrected chi connectivity index (χ4v) is 2.51. The van der Waals surface area contributed by atoms with E-state index in [0.29, 0.717) is 6.54 Å². The van der Waals surface area contributed by atoms with E-state index in [9.17, 15) is 0 Å². The van der Waals surface area contributed by atoms with Gasteiger partial charge in [-0.1, -0.05) is 48.5 Å². The van der Waals surface area contributed by atoms with E-state index in [1.807, 2.05) is 12.1 Å². The summed E-state index contributed by atoms with van der Waals surface area (Å²) in [7, 11) is 0. The van der Waals surface area contributed by atoms with Crippen molar-refractivity contribution in [3.05, 3.63) is 71.9 Å². The first kappa shape index (κ1) is 11.1. The Morgan fingerprint density at radius 2 is 1.67 bits per heavy atom. The van der Waals surface area contributed by atoms with E-state index < -0.39 is 0 Å². The van der Waals surface area contributed by atoms with E-state index in [2.05, 4.69) is 53.6 Å². The van der Waals surface area contributed by atoms with Gasteiger partial charge in [-0.2, -0.15) is 0 Å². The molecule has 0 amide bonds. The number of aromatic nitrogens is 1. The average Bonchev–Trinajstić information content (AvgIpc) is 2.85. The molecule has 1 aromatic heterocycles. The van der Waals surface area contributed by atoms with Crippen LogP contribution in [0.2, 0.25) is 0 Å². The molecule has 90 valence electrons. The number of nitrogens with two attached hydrogens (primary N) is 1. The molecule has 0 bridgehead atoms. The van der Waals surface area contributed by atoms with Gasteiger partial charge in [-0.05, 0) is 17.2 Å². The lowest BCUT2D eigenvalue weighted by molar-refractivity contribution is 0.825. The lowest BCUT2D eigenvalue weighted by Gasteiger charge is -2.14. The van der Waals surface area contributed by atoms with E-state index >= 15 is 0 Å². The first-order valence-corrected chi connectivity index (χ1v) is 6.21. The third kappa shape index (κ3) is 1.81. The van der Waals surface area contributed by atoms with E-state index in [1.54, 1.807) is 0 Å². The number of H-pyrrole nitrogens is 1. The van der Waals surface area contributed by atoms with Gasteiger partial charge >= 0.3 is 0 Å². The predicted molar refractivity (Wildman–Crippen MR) is 75.6 cm³/mol. The van der Waals surface area contributed by atoms with Gasteiger partial charge in [0.15, 0.2) is 0 Å². The number of nitrogens with one attached hydrogen (secondary N) is 1. The Labute approximate surface area is 106 Å². The van der Waals surface area contributed by atoms with Crippen LogP contribution in [0.1, 0.15) is 17.0 Å². The highest BCUT2D eigenvalue weighted by Crippen LogP contribution is 2.29. The highest BCUT2D eigenvalue weighted by molar-refractivity contribution is 5.84. The number of para-hydroxylation sites is 1. The Balaban J connectivity index is 2.12. The van der Waals surface area contributed by atoms with Gasteiger partial charge in [0, 0.05) is 29.6 Å². The van der Waals surface area contributed by atoms with Crippen LogP contribution < -0.4 is 5.73 Å². The fourth-order valence-electron chi connectivity index (χ4n) is 2.51. The second-order valence-corrected chi connectivity index (χ2v) is 4.49. The summed E-state index contributed by atoms with van der Waals surface area (Å²) >= 11 is 0. The molecular weight excluding hydrogens is 220 g/mol. The summed E-state index contributed by atoms with van der Waals surface area (Å²) < 4.78 is 0. The largest absolute Gasteiger partial charge is 0.361 e. The lowest BCUT2D eigenvalue weighted by atomic mass is 9.91. The molecule has 2 nitrogen and oxygen atoms in total. The van der Waals surface area contributed by atoms with Crippen molar-refractivity contribution in [1.82, 2.24) is 4.98 Å². The third-order valence-corrected chi connectivity index (χ3v) is 3.43. The van der Waals surface area contributed by atoms with Crippen molar-refractivity contribution in [3.63, 3.8) is 0 Å². The third-order valence-electron chi connectivity index (χ3n) is 3.43. The maximum atomic E-state index is 5.97. The van der Waals surface area contributed by atoms with Crippen molar-refractivity contribution in [2.45, 2.75) is 5.92 Å². The SMILES string of the molecule is NC[C@H](c1ccccc1)c1c[nH]c2ccccc12. The quantitative estimate of drug-likeness (QED) is 0.720. The lowest BCUT2D eigenvalue weighted by Crippen LogP contribution is -2.13. The van der Waals surface area contributed by atoms with Crippen LogP contribution in [0.15, 0.2) is 60.8 Å². The zero-order valence-corrected chi connectivity index (χ0v) is 10.1. The minimum atomic E-state index is 0.252. The molecule has 2 heteroatoms. The Bertz CT molecular complexity index is 640. The van der Waals surface area contributed by atoms with E-state index in [0.717, 1.165) is 0 Å². The molecule has 1 atom stereocenters. The molecule has 0 radical (unpaired) electrons. The number of hydrogen-bond donors (Lipinski definition) is 2. The summed E-state index contributed by atoms with van der Waals surface area (Å²) in [5, 5.41) is 1.26. The average molecular weight is 236 g/mol. The monoisotopic (exact) mass is 236 g/mol. The number of rotatable bonds is 3. The number of hydrogen-bond acceptors (Lipinski definition) is 1. The highest BCUT2D eigenvalue weighted by Gasteiger charge is 2.15. The Kier molecular flexibility index (Phi) is 2.87. The van der Waals surface area contributed by atoms with E-state index in [1.165, 1.54) is 22.0 Å². The molecule has 0 aliphatic rings. The first-order valence-electron chi connectivity index (χ1n) is 6.21. The van der Waals surface area contributed by atoms with Gasteiger partial charge in [0.05, 0.1) is 0 Å². The molecule has 1 heterocycles. The van der Waals surface area contributed by atoms with Crippen LogP contribution in [0, 0.1) is 0 Å². The van der Waals surface area contributed by atoms with Crippen molar-refractivity contribution >= 4 is 10.9 Å². The van der Waals surface area contributed by atoms with Gasteiger partial charge in [-0.25, -0.2) is 0 Å². The summed E-state index contributed by atoms with van der Waals surface area (Å²) in [6, 6.07) is 18.8. The van der Waals surface area contributed by atoms with Gasteiger partial charge < -0.3 is 10.7 Å². The second-order valence-electron chi connectivity index (χ2n) is 4.49. The summed E-state index contributed by atoms with van der Waals surface area (Å²) in [6.07, 6.45) is 2.08. The molecule has 3 aromatic rings. The standard InChI is InChI=1S/C16H16N2/c17-10-14(12-6-2-1-3-7-12)15-11-18-16-9-5-4-8-13(15)16/h1-9,11,14,18H,10,17H2/t14-/m1/s1. The molecule has 0 aliphatic carbocycles. The van der Waals surface area contributed by atoms with Crippen LogP contribution >= 0.6 is 0 Å². The van der Waals surface area contributed by atoms with Gasteiger partial charge in [0.2, 0.25) is 0 Å². The molecular formula is C16H16N2. The Morgan fingerprint density at radius 3 is 2.44 bits per heavy atom. The maximum Gasteiger partial charge on any atom is 0.0457 e. The molecule has 3 N–H and O–H groups in total. The topological polar surface area (TPSA) is 41.8 Å². The van der Waals surface area contributed by atoms with Crippen molar-refractivity contribution in [3.8, 4) is 0 Å². The molecule has 0 unspecified atom stereocenters. The van der Waals surface area contributed by atoms with Crippen molar-refractivity contribution < 1.29 is 0 Å². The maximum absolute atomic E-state index is 5.97. The van der Waals surface area contributed by atoms with Crippen LogP contribution in [0.5, 0.6) is 0 Å². The van der Waals surface area contributed by atoms with Gasteiger partial charge in [-0.3, -0.25) is 0 Å². The smallest absolute Gasteiger partial charge is 0.0457 e. The minimum Gasteiger partial charge on any atom is -0.361 e. The summed E-state index contributed by atoms with van der Waals surface area (Å²) in [6.45, 7) is 0.617. The van der Waals surface area contributed by atoms with Gasteiger partial charge in [-0.15, -0.1) is 0 Å². The number of aromatic amines is 1. The fraction of sp³-hybridized carbons (Fsp3) is 0.125. The molecule has 3 rings (SSSR count). The van der Waals surface area contributed by atoms with Crippen molar-refractivity contribution in [1.29, 1.82) is 0 Å². The zero-order chi connectivity index (χ0) is 12.4. The molecule has 0 aliphatic heterocycles. The summed E-state index contributed by atoms with van der Waals surface area (Å²) in [4.78, 5) is 3.32. The molecule has 0 spiro atoms. The number of benzene rings is 2. The Hall–Kier alpha value is -2.06. The molecule has 18 heavy (non-hydrogen) atoms. The van der Waals surface area contributed by atoms with Crippen LogP contribution in [-0.4, -0.2) is 11.5 Å². The van der Waals surface area contributed by atoms with Gasteiger partial charge in [0.25, 0.3) is 0 Å². The summed E-state index contributed by atoms with van der Waals surface area (Å²) in [5.41, 5.74) is 9.69. The van der Waals surface area contributed by atoms with Crippen LogP contribution in [-0.2, 0) is 0 Å². The second kappa shape index (κ2) is 4.67. The minimum absolute atomic E-state index is 0.252. The van der Waals surface area contributed by atoms with Crippen LogP contribution in [0.25, 0.3) is 10.9 Å². The molecule has 0 saturated heterocycles. The van der Waals surface area contributed by atoms with Crippen LogP contribution in [0.3, 0.4) is 0 Å². The summed E-state index contributed by atoms with van der Waals surface area (Å²) in [5.74, 6) is 0.252. The highest BCUT2D eigenvalue weighted by atomic mass is 14.7. The molecule has 2 aromatic carbocycles. The van der Waals surface area contributed by atoms with Gasteiger partial charge in [0.1, 0.15) is 0 Å². The first-order chi connectivity index (χ1) is 8.90. The Morgan fingerprint density at radius 1 is 0.944 bits per heavy atom. The predicted octanol–water partition coefficient (Wildman–Crippen LogP) is 3.26. The molecule has 0 fully saturated rings. The zero-order valence-electron chi connectivity index (χ0n) is 10.1. The van der Waals surface area contributed by atoms with E-state index in [-0.39, 0.29) is 5.92 Å². The number of fused-ring (bicyclic) bond motifs is 1. The van der Waals surface area contributed by atoms with Crippen molar-refractivity contribution in [2.24, 2.45) is 5.73 Å². The van der Waals surface area contributed by atoms with Crippen LogP contribution in [0.4, 0.5) is 0 Å². The van der Waals surface area contributed by atoms with Crippen molar-refractivity contribution in [2.75, 3.05) is 6.54 Å². The molecule has 0 saturated carbocycles. The normalized spacial score (nSPS) is 12.7.